The molecule has 2 atom stereocenters. The van der Waals surface area contributed by atoms with Gasteiger partial charge < -0.3 is 14.1 Å². The van der Waals surface area contributed by atoms with Crippen molar-refractivity contribution in [2.24, 2.45) is 11.8 Å². The van der Waals surface area contributed by atoms with Crippen molar-refractivity contribution in [2.45, 2.75) is 45.4 Å². The van der Waals surface area contributed by atoms with E-state index in [0.717, 1.165) is 47.5 Å². The molecule has 2 aliphatic rings. The Labute approximate surface area is 159 Å². The van der Waals surface area contributed by atoms with E-state index >= 15 is 0 Å². The average Bonchev–Trinajstić information content (AvgIpc) is 3.07. The molecule has 1 aliphatic heterocycles. The van der Waals surface area contributed by atoms with E-state index in [2.05, 4.69) is 0 Å². The Kier molecular flexibility index (Phi) is 5.19. The van der Waals surface area contributed by atoms with Crippen LogP contribution in [-0.4, -0.2) is 36.5 Å². The molecular formula is C22H27NO4. The number of likely N-dealkylation sites (tertiary alicyclic amines) is 1. The topological polar surface area (TPSA) is 59.8 Å². The van der Waals surface area contributed by atoms with E-state index in [1.807, 2.05) is 30.0 Å². The van der Waals surface area contributed by atoms with Gasteiger partial charge in [-0.2, -0.15) is 0 Å². The number of furan rings is 1. The summed E-state index contributed by atoms with van der Waals surface area (Å²) in [5.41, 5.74) is 2.67. The molecule has 1 saturated carbocycles. The smallest absolute Gasteiger partial charge is 0.310 e. The van der Waals surface area contributed by atoms with E-state index in [-0.39, 0.29) is 24.9 Å². The van der Waals surface area contributed by atoms with E-state index in [0.29, 0.717) is 5.92 Å². The van der Waals surface area contributed by atoms with Crippen LogP contribution in [-0.2, 0) is 20.7 Å². The van der Waals surface area contributed by atoms with Crippen LogP contribution in [0.25, 0.3) is 11.0 Å². The van der Waals surface area contributed by atoms with Crippen LogP contribution < -0.4 is 0 Å². The van der Waals surface area contributed by atoms with Gasteiger partial charge in [-0.1, -0.05) is 31.4 Å². The van der Waals surface area contributed by atoms with E-state index in [9.17, 15) is 9.59 Å². The van der Waals surface area contributed by atoms with Gasteiger partial charge >= 0.3 is 5.97 Å². The number of carbonyl (C=O) groups is 2. The normalized spacial score (nSPS) is 22.5. The highest BCUT2D eigenvalue weighted by Gasteiger charge is 2.33. The van der Waals surface area contributed by atoms with Crippen molar-refractivity contribution >= 4 is 22.8 Å². The quantitative estimate of drug-likeness (QED) is 0.768. The average molecular weight is 369 g/mol. The number of amides is 1. The van der Waals surface area contributed by atoms with Gasteiger partial charge in [0.25, 0.3) is 5.91 Å². The summed E-state index contributed by atoms with van der Waals surface area (Å²) in [5, 5.41) is 0.920. The summed E-state index contributed by atoms with van der Waals surface area (Å²) in [4.78, 5) is 26.5. The van der Waals surface area contributed by atoms with Crippen molar-refractivity contribution in [3.8, 4) is 0 Å². The molecule has 1 amide bonds. The molecule has 2 heterocycles. The maximum absolute atomic E-state index is 12.5. The molecule has 0 bridgehead atoms. The third-order valence-electron chi connectivity index (χ3n) is 6.15. The molecule has 5 heteroatoms. The largest absolute Gasteiger partial charge is 0.464 e. The lowest BCUT2D eigenvalue weighted by Gasteiger charge is -2.41. The monoisotopic (exact) mass is 369 g/mol. The molecule has 144 valence electrons. The Morgan fingerprint density at radius 3 is 2.85 bits per heavy atom. The van der Waals surface area contributed by atoms with Gasteiger partial charge in [-0.3, -0.25) is 9.59 Å². The second-order valence-electron chi connectivity index (χ2n) is 8.03. The van der Waals surface area contributed by atoms with Gasteiger partial charge in [-0.25, -0.2) is 0 Å². The van der Waals surface area contributed by atoms with Crippen LogP contribution in [0.1, 0.15) is 43.2 Å². The fraction of sp³-hybridized carbons (Fsp3) is 0.545. The summed E-state index contributed by atoms with van der Waals surface area (Å²) in [6, 6.07) is 5.89. The summed E-state index contributed by atoms with van der Waals surface area (Å²) in [6.07, 6.45) is 7.94. The number of esters is 1. The van der Waals surface area contributed by atoms with Crippen LogP contribution >= 0.6 is 0 Å². The van der Waals surface area contributed by atoms with Crippen molar-refractivity contribution in [1.82, 2.24) is 4.90 Å². The minimum atomic E-state index is -0.390. The van der Waals surface area contributed by atoms with Crippen molar-refractivity contribution in [3.63, 3.8) is 0 Å². The number of piperidine rings is 1. The van der Waals surface area contributed by atoms with Gasteiger partial charge in [-0.05, 0) is 43.2 Å². The van der Waals surface area contributed by atoms with E-state index in [1.165, 1.54) is 25.7 Å². The zero-order valence-electron chi connectivity index (χ0n) is 15.9. The first-order chi connectivity index (χ1) is 13.1. The SMILES string of the molecule is Cc1ccc2c(CC(=O)OCC(=O)N3CC[C@@H]4CCCC[C@H]4C3)coc2c1. The van der Waals surface area contributed by atoms with E-state index in [4.69, 9.17) is 9.15 Å². The van der Waals surface area contributed by atoms with Crippen LogP contribution in [0.5, 0.6) is 0 Å². The molecule has 0 spiro atoms. The molecular weight excluding hydrogens is 342 g/mol. The standard InChI is InChI=1S/C22H27NO4/c1-15-6-7-19-18(13-26-20(19)10-15)11-22(25)27-14-21(24)23-9-8-16-4-2-3-5-17(16)12-23/h6-7,10,13,16-17H,2-5,8-9,11-12,14H2,1H3/t16-,17-/m0/s1. The molecule has 1 aromatic carbocycles. The summed E-state index contributed by atoms with van der Waals surface area (Å²) in [7, 11) is 0. The number of nitrogens with zero attached hydrogens (tertiary/aromatic N) is 1. The Morgan fingerprint density at radius 2 is 2.00 bits per heavy atom. The highest BCUT2D eigenvalue weighted by Crippen LogP contribution is 2.36. The molecule has 4 rings (SSSR count). The van der Waals surface area contributed by atoms with E-state index < -0.39 is 0 Å². The summed E-state index contributed by atoms with van der Waals surface area (Å²) < 4.78 is 10.8. The summed E-state index contributed by atoms with van der Waals surface area (Å²) in [6.45, 7) is 3.46. The number of carbonyl (C=O) groups excluding carboxylic acids is 2. The predicted octanol–water partition coefficient (Wildman–Crippen LogP) is 3.87. The Hall–Kier alpha value is -2.30. The first-order valence-corrected chi connectivity index (χ1v) is 10.0. The van der Waals surface area contributed by atoms with Crippen LogP contribution in [0.2, 0.25) is 0 Å². The predicted molar refractivity (Wildman–Crippen MR) is 102 cm³/mol. The zero-order valence-corrected chi connectivity index (χ0v) is 15.9. The minimum absolute atomic E-state index is 0.0694. The fourth-order valence-corrected chi connectivity index (χ4v) is 4.59. The number of fused-ring (bicyclic) bond motifs is 2. The maximum atomic E-state index is 12.5. The van der Waals surface area contributed by atoms with Crippen molar-refractivity contribution < 1.29 is 18.7 Å². The van der Waals surface area contributed by atoms with Gasteiger partial charge in [0.15, 0.2) is 6.61 Å². The van der Waals surface area contributed by atoms with Crippen molar-refractivity contribution in [3.05, 3.63) is 35.6 Å². The minimum Gasteiger partial charge on any atom is -0.464 e. The van der Waals surface area contributed by atoms with Gasteiger partial charge in [0.1, 0.15) is 5.58 Å². The Balaban J connectivity index is 1.29. The molecule has 0 radical (unpaired) electrons. The van der Waals surface area contributed by atoms with E-state index in [1.54, 1.807) is 6.26 Å². The lowest BCUT2D eigenvalue weighted by molar-refractivity contribution is -0.152. The highest BCUT2D eigenvalue weighted by atomic mass is 16.5. The number of rotatable bonds is 4. The molecule has 0 unspecified atom stereocenters. The fourth-order valence-electron chi connectivity index (χ4n) is 4.59. The third kappa shape index (κ3) is 4.02. The Bertz CT molecular complexity index is 840. The van der Waals surface area contributed by atoms with Crippen LogP contribution in [0, 0.1) is 18.8 Å². The number of hydrogen-bond donors (Lipinski definition) is 0. The molecule has 2 fully saturated rings. The third-order valence-corrected chi connectivity index (χ3v) is 6.15. The second-order valence-corrected chi connectivity index (χ2v) is 8.03. The second kappa shape index (κ2) is 7.75. The number of hydrogen-bond acceptors (Lipinski definition) is 4. The molecule has 1 aliphatic carbocycles. The molecule has 5 nitrogen and oxygen atoms in total. The lowest BCUT2D eigenvalue weighted by Crippen LogP contribution is -2.46. The molecule has 27 heavy (non-hydrogen) atoms. The number of aryl methyl sites for hydroxylation is 1. The maximum Gasteiger partial charge on any atom is 0.310 e. The van der Waals surface area contributed by atoms with Gasteiger partial charge in [0, 0.05) is 24.0 Å². The van der Waals surface area contributed by atoms with Crippen molar-refractivity contribution in [1.29, 1.82) is 0 Å². The first-order valence-electron chi connectivity index (χ1n) is 10.0. The van der Waals surface area contributed by atoms with Gasteiger partial charge in [-0.15, -0.1) is 0 Å². The van der Waals surface area contributed by atoms with Crippen LogP contribution in [0.3, 0.4) is 0 Å². The molecule has 2 aromatic rings. The van der Waals surface area contributed by atoms with Crippen LogP contribution in [0.4, 0.5) is 0 Å². The van der Waals surface area contributed by atoms with Crippen LogP contribution in [0.15, 0.2) is 28.9 Å². The summed E-state index contributed by atoms with van der Waals surface area (Å²) >= 11 is 0. The lowest BCUT2D eigenvalue weighted by atomic mass is 9.75. The molecule has 1 saturated heterocycles. The van der Waals surface area contributed by atoms with Gasteiger partial charge in [0.05, 0.1) is 12.7 Å². The first kappa shape index (κ1) is 18.1. The van der Waals surface area contributed by atoms with Crippen molar-refractivity contribution in [2.75, 3.05) is 19.7 Å². The Morgan fingerprint density at radius 1 is 1.19 bits per heavy atom. The zero-order chi connectivity index (χ0) is 18.8. The highest BCUT2D eigenvalue weighted by molar-refractivity contribution is 5.87. The number of ether oxygens (including phenoxy) is 1. The molecule has 1 aromatic heterocycles. The number of benzene rings is 1. The van der Waals surface area contributed by atoms with Gasteiger partial charge in [0.2, 0.25) is 0 Å². The molecule has 0 N–H and O–H groups in total. The summed E-state index contributed by atoms with van der Waals surface area (Å²) in [5.74, 6) is 0.954.